The lowest BCUT2D eigenvalue weighted by molar-refractivity contribution is 0.0936. The van der Waals surface area contributed by atoms with Gasteiger partial charge in [0.2, 0.25) is 5.75 Å². The number of carbonyl (C=O) groups excluding carboxylic acids is 1. The Morgan fingerprint density at radius 2 is 1.52 bits per heavy atom. The summed E-state index contributed by atoms with van der Waals surface area (Å²) in [6.45, 7) is 6.36. The first-order chi connectivity index (χ1) is 12.9. The van der Waals surface area contributed by atoms with Crippen LogP contribution in [0, 0.1) is 5.92 Å². The van der Waals surface area contributed by atoms with Crippen LogP contribution >= 0.6 is 0 Å². The molecule has 1 atom stereocenters. The average molecular weight is 371 g/mol. The fraction of sp³-hybridized carbons (Fsp3) is 0.409. The van der Waals surface area contributed by atoms with Crippen molar-refractivity contribution < 1.29 is 19.0 Å². The molecule has 1 amide bonds. The van der Waals surface area contributed by atoms with Crippen molar-refractivity contribution in [1.29, 1.82) is 0 Å². The van der Waals surface area contributed by atoms with Crippen LogP contribution in [0.4, 0.5) is 0 Å². The van der Waals surface area contributed by atoms with Gasteiger partial charge in [-0.2, -0.15) is 0 Å². The van der Waals surface area contributed by atoms with Gasteiger partial charge in [0.15, 0.2) is 11.5 Å². The van der Waals surface area contributed by atoms with Gasteiger partial charge in [0, 0.05) is 0 Å². The number of benzene rings is 2. The van der Waals surface area contributed by atoms with Crippen molar-refractivity contribution in [1.82, 2.24) is 5.32 Å². The Balaban J connectivity index is 2.19. The summed E-state index contributed by atoms with van der Waals surface area (Å²) in [6.07, 6.45) is 1.05. The molecule has 0 radical (unpaired) electrons. The quantitative estimate of drug-likeness (QED) is 0.747. The fourth-order valence-electron chi connectivity index (χ4n) is 3.05. The summed E-state index contributed by atoms with van der Waals surface area (Å²) in [4.78, 5) is 12.8. The van der Waals surface area contributed by atoms with E-state index in [-0.39, 0.29) is 11.9 Å². The number of rotatable bonds is 8. The Labute approximate surface area is 161 Å². The third kappa shape index (κ3) is 4.94. The summed E-state index contributed by atoms with van der Waals surface area (Å²) >= 11 is 0. The van der Waals surface area contributed by atoms with Crippen molar-refractivity contribution in [2.45, 2.75) is 33.2 Å². The van der Waals surface area contributed by atoms with Crippen molar-refractivity contribution >= 4 is 5.91 Å². The second-order valence-corrected chi connectivity index (χ2v) is 6.92. The second-order valence-electron chi connectivity index (χ2n) is 6.92. The highest BCUT2D eigenvalue weighted by atomic mass is 16.5. The maximum Gasteiger partial charge on any atom is 0.255 e. The molecule has 0 spiro atoms. The van der Waals surface area contributed by atoms with Crippen LogP contribution in [-0.4, -0.2) is 27.2 Å². The maximum atomic E-state index is 12.8. The van der Waals surface area contributed by atoms with Gasteiger partial charge in [-0.25, -0.2) is 0 Å². The van der Waals surface area contributed by atoms with Gasteiger partial charge in [-0.05, 0) is 42.5 Å². The van der Waals surface area contributed by atoms with Gasteiger partial charge in [-0.15, -0.1) is 0 Å². The summed E-state index contributed by atoms with van der Waals surface area (Å²) in [7, 11) is 4.57. The molecule has 0 saturated heterocycles. The van der Waals surface area contributed by atoms with Crippen LogP contribution in [0.1, 0.15) is 48.3 Å². The Hall–Kier alpha value is -2.69. The highest BCUT2D eigenvalue weighted by molar-refractivity contribution is 5.98. The molecule has 0 saturated carbocycles. The molecule has 5 nitrogen and oxygen atoms in total. The van der Waals surface area contributed by atoms with Gasteiger partial charge in [-0.3, -0.25) is 4.79 Å². The number of amides is 1. The smallest absolute Gasteiger partial charge is 0.255 e. The predicted molar refractivity (Wildman–Crippen MR) is 107 cm³/mol. The number of carbonyl (C=O) groups is 1. The van der Waals surface area contributed by atoms with Crippen LogP contribution in [0.2, 0.25) is 0 Å². The molecular weight excluding hydrogens is 342 g/mol. The molecule has 0 bridgehead atoms. The molecule has 0 aromatic heterocycles. The Morgan fingerprint density at radius 1 is 0.889 bits per heavy atom. The lowest BCUT2D eigenvalue weighted by Crippen LogP contribution is -2.27. The Morgan fingerprint density at radius 3 is 2.04 bits per heavy atom. The largest absolute Gasteiger partial charge is 0.493 e. The van der Waals surface area contributed by atoms with E-state index in [0.29, 0.717) is 28.7 Å². The van der Waals surface area contributed by atoms with Crippen LogP contribution in [0.3, 0.4) is 0 Å². The van der Waals surface area contributed by atoms with Gasteiger partial charge < -0.3 is 19.5 Å². The third-order valence-electron chi connectivity index (χ3n) is 4.42. The molecule has 5 heteroatoms. The molecular formula is C22H29NO4. The molecule has 27 heavy (non-hydrogen) atoms. The molecule has 2 rings (SSSR count). The van der Waals surface area contributed by atoms with Crippen molar-refractivity contribution in [3.8, 4) is 17.2 Å². The minimum Gasteiger partial charge on any atom is -0.493 e. The number of nitrogens with one attached hydrogen (secondary N) is 1. The van der Waals surface area contributed by atoms with Gasteiger partial charge in [-0.1, -0.05) is 38.1 Å². The van der Waals surface area contributed by atoms with Crippen LogP contribution in [0.25, 0.3) is 0 Å². The summed E-state index contributed by atoms with van der Waals surface area (Å²) in [5.74, 6) is 1.66. The van der Waals surface area contributed by atoms with Gasteiger partial charge in [0.1, 0.15) is 0 Å². The Kier molecular flexibility index (Phi) is 7.11. The number of methoxy groups -OCH3 is 3. The molecule has 1 N–H and O–H groups in total. The first-order valence-corrected chi connectivity index (χ1v) is 9.09. The van der Waals surface area contributed by atoms with E-state index in [0.717, 1.165) is 12.0 Å². The molecule has 2 aromatic rings. The molecule has 0 aliphatic heterocycles. The van der Waals surface area contributed by atoms with E-state index in [1.807, 2.05) is 6.92 Å². The standard InChI is InChI=1S/C22H29NO4/c1-14(2)13-16-7-9-17(10-8-16)15(3)23-22(24)18-11-12-19(25-4)21(27-6)20(18)26-5/h7-12,14-15H,13H2,1-6H3,(H,23,24). The van der Waals surface area contributed by atoms with Crippen LogP contribution < -0.4 is 19.5 Å². The van der Waals surface area contributed by atoms with Crippen molar-refractivity contribution in [3.05, 3.63) is 53.1 Å². The average Bonchev–Trinajstić information content (AvgIpc) is 2.66. The second kappa shape index (κ2) is 9.31. The van der Waals surface area contributed by atoms with Crippen LogP contribution in [0.15, 0.2) is 36.4 Å². The van der Waals surface area contributed by atoms with E-state index >= 15 is 0 Å². The van der Waals surface area contributed by atoms with Crippen molar-refractivity contribution in [2.75, 3.05) is 21.3 Å². The number of hydrogen-bond acceptors (Lipinski definition) is 4. The van der Waals surface area contributed by atoms with Crippen molar-refractivity contribution in [2.24, 2.45) is 5.92 Å². The first kappa shape index (κ1) is 20.6. The van der Waals surface area contributed by atoms with E-state index in [9.17, 15) is 4.79 Å². The molecule has 0 fully saturated rings. The summed E-state index contributed by atoms with van der Waals surface area (Å²) in [6, 6.07) is 11.6. The maximum absolute atomic E-state index is 12.8. The van der Waals surface area contributed by atoms with Gasteiger partial charge in [0.05, 0.1) is 32.9 Å². The molecule has 0 aliphatic carbocycles. The van der Waals surface area contributed by atoms with Gasteiger partial charge in [0.25, 0.3) is 5.91 Å². The topological polar surface area (TPSA) is 56.8 Å². The van der Waals surface area contributed by atoms with Gasteiger partial charge >= 0.3 is 0 Å². The SMILES string of the molecule is COc1ccc(C(=O)NC(C)c2ccc(CC(C)C)cc2)c(OC)c1OC. The Bertz CT molecular complexity index is 769. The lowest BCUT2D eigenvalue weighted by atomic mass is 10.00. The van der Waals surface area contributed by atoms with E-state index in [2.05, 4.69) is 43.4 Å². The summed E-state index contributed by atoms with van der Waals surface area (Å²) in [5.41, 5.74) is 2.75. The zero-order valence-electron chi connectivity index (χ0n) is 17.0. The monoisotopic (exact) mass is 371 g/mol. The zero-order valence-corrected chi connectivity index (χ0v) is 17.0. The molecule has 2 aromatic carbocycles. The minimum absolute atomic E-state index is 0.136. The van der Waals surface area contributed by atoms with E-state index in [4.69, 9.17) is 14.2 Å². The van der Waals surface area contributed by atoms with Crippen LogP contribution in [-0.2, 0) is 6.42 Å². The lowest BCUT2D eigenvalue weighted by Gasteiger charge is -2.18. The first-order valence-electron chi connectivity index (χ1n) is 9.09. The van der Waals surface area contributed by atoms with E-state index in [1.165, 1.54) is 19.8 Å². The third-order valence-corrected chi connectivity index (χ3v) is 4.42. The summed E-state index contributed by atoms with van der Waals surface area (Å²) in [5, 5.41) is 3.02. The molecule has 1 unspecified atom stereocenters. The van der Waals surface area contributed by atoms with E-state index in [1.54, 1.807) is 19.2 Å². The summed E-state index contributed by atoms with van der Waals surface area (Å²) < 4.78 is 16.0. The number of hydrogen-bond donors (Lipinski definition) is 1. The predicted octanol–water partition coefficient (Wildman–Crippen LogP) is 4.40. The molecule has 0 heterocycles. The van der Waals surface area contributed by atoms with E-state index < -0.39 is 0 Å². The van der Waals surface area contributed by atoms with Crippen LogP contribution in [0.5, 0.6) is 17.2 Å². The zero-order chi connectivity index (χ0) is 20.0. The number of ether oxygens (including phenoxy) is 3. The fourth-order valence-corrected chi connectivity index (χ4v) is 3.05. The normalized spacial score (nSPS) is 11.8. The van der Waals surface area contributed by atoms with Crippen molar-refractivity contribution in [3.63, 3.8) is 0 Å². The molecule has 0 aliphatic rings. The molecule has 146 valence electrons. The highest BCUT2D eigenvalue weighted by Crippen LogP contribution is 2.39. The minimum atomic E-state index is -0.230. The highest BCUT2D eigenvalue weighted by Gasteiger charge is 2.22.